The van der Waals surface area contributed by atoms with Crippen LogP contribution in [-0.4, -0.2) is 9.67 Å². The minimum absolute atomic E-state index is 0.317. The zero-order valence-electron chi connectivity index (χ0n) is 12.3. The minimum atomic E-state index is 0.317. The first-order valence-electron chi connectivity index (χ1n) is 7.19. The summed E-state index contributed by atoms with van der Waals surface area (Å²) in [5, 5.41) is 10.9. The van der Waals surface area contributed by atoms with Crippen LogP contribution >= 0.6 is 0 Å². The van der Waals surface area contributed by atoms with Crippen LogP contribution in [0.3, 0.4) is 0 Å². The van der Waals surface area contributed by atoms with Crippen LogP contribution in [0.1, 0.15) is 18.2 Å². The summed E-state index contributed by atoms with van der Waals surface area (Å²) in [7, 11) is 0. The second-order valence-electron chi connectivity index (χ2n) is 5.14. The van der Waals surface area contributed by atoms with Crippen molar-refractivity contribution >= 4 is 10.9 Å². The first-order valence-corrected chi connectivity index (χ1v) is 7.19. The van der Waals surface area contributed by atoms with Crippen LogP contribution in [-0.2, 0) is 13.2 Å². The van der Waals surface area contributed by atoms with Gasteiger partial charge in [-0.3, -0.25) is 0 Å². The monoisotopic (exact) mass is 281 g/mol. The van der Waals surface area contributed by atoms with Crippen molar-refractivity contribution in [3.05, 3.63) is 59.8 Å². The molecule has 0 saturated carbocycles. The molecule has 0 aliphatic rings. The van der Waals surface area contributed by atoms with E-state index >= 15 is 0 Å². The number of aromatic hydroxyl groups is 1. The number of aryl methyl sites for hydroxylation is 2. The molecule has 1 N–H and O–H groups in total. The maximum Gasteiger partial charge on any atom is 0.128 e. The first-order chi connectivity index (χ1) is 10.2. The molecule has 2 aromatic carbocycles. The first kappa shape index (κ1) is 13.6. The van der Waals surface area contributed by atoms with Crippen molar-refractivity contribution in [1.29, 1.82) is 0 Å². The van der Waals surface area contributed by atoms with Crippen LogP contribution in [0, 0.1) is 6.92 Å². The summed E-state index contributed by atoms with van der Waals surface area (Å²) in [5.74, 6) is 1.21. The Kier molecular flexibility index (Phi) is 3.57. The summed E-state index contributed by atoms with van der Waals surface area (Å²) >= 11 is 0. The zero-order chi connectivity index (χ0) is 14.8. The molecule has 1 heterocycles. The number of nitrogens with zero attached hydrogens (tertiary/aromatic N) is 1. The Morgan fingerprint density at radius 3 is 2.67 bits per heavy atom. The number of hydrogen-bond donors (Lipinski definition) is 1. The molecule has 0 aliphatic heterocycles. The maximum atomic E-state index is 9.98. The standard InChI is InChI=1S/C18H19NO2/c1-3-19-14(11-15-16(19)8-6-9-17(15)20)12-21-18-10-5-4-7-13(18)2/h4-11,20H,3,12H2,1-2H3. The van der Waals surface area contributed by atoms with E-state index in [1.807, 2.05) is 49.4 Å². The zero-order valence-corrected chi connectivity index (χ0v) is 12.3. The highest BCUT2D eigenvalue weighted by molar-refractivity contribution is 5.87. The van der Waals surface area contributed by atoms with Gasteiger partial charge in [-0.15, -0.1) is 0 Å². The molecule has 0 aliphatic carbocycles. The molecule has 108 valence electrons. The average molecular weight is 281 g/mol. The highest BCUT2D eigenvalue weighted by Gasteiger charge is 2.11. The van der Waals surface area contributed by atoms with Gasteiger partial charge in [-0.1, -0.05) is 24.3 Å². The smallest absolute Gasteiger partial charge is 0.128 e. The molecule has 0 unspecified atom stereocenters. The minimum Gasteiger partial charge on any atom is -0.507 e. The maximum absolute atomic E-state index is 9.98. The van der Waals surface area contributed by atoms with Crippen molar-refractivity contribution < 1.29 is 9.84 Å². The van der Waals surface area contributed by atoms with Gasteiger partial charge < -0.3 is 14.4 Å². The van der Waals surface area contributed by atoms with Crippen molar-refractivity contribution in [2.75, 3.05) is 0 Å². The van der Waals surface area contributed by atoms with Gasteiger partial charge in [0.05, 0.1) is 11.2 Å². The highest BCUT2D eigenvalue weighted by atomic mass is 16.5. The van der Waals surface area contributed by atoms with Gasteiger partial charge in [0.1, 0.15) is 18.1 Å². The van der Waals surface area contributed by atoms with Crippen LogP contribution in [0.15, 0.2) is 48.5 Å². The Morgan fingerprint density at radius 2 is 1.90 bits per heavy atom. The number of phenolic OH excluding ortho intramolecular Hbond substituents is 1. The molecule has 3 aromatic rings. The molecule has 0 bridgehead atoms. The fourth-order valence-electron chi connectivity index (χ4n) is 2.69. The van der Waals surface area contributed by atoms with E-state index in [9.17, 15) is 5.11 Å². The highest BCUT2D eigenvalue weighted by Crippen LogP contribution is 2.28. The average Bonchev–Trinajstić information content (AvgIpc) is 2.85. The number of aromatic nitrogens is 1. The lowest BCUT2D eigenvalue weighted by Crippen LogP contribution is -2.05. The lowest BCUT2D eigenvalue weighted by Gasteiger charge is -2.11. The predicted octanol–water partition coefficient (Wildman–Crippen LogP) is 4.25. The molecule has 3 nitrogen and oxygen atoms in total. The number of benzene rings is 2. The van der Waals surface area contributed by atoms with Gasteiger partial charge in [0, 0.05) is 11.9 Å². The summed E-state index contributed by atoms with van der Waals surface area (Å²) in [6.07, 6.45) is 0. The molecule has 0 saturated heterocycles. The number of rotatable bonds is 4. The fraction of sp³-hybridized carbons (Fsp3) is 0.222. The summed E-state index contributed by atoms with van der Waals surface area (Å²) in [5.41, 5.74) is 3.23. The second kappa shape index (κ2) is 5.52. The molecule has 0 atom stereocenters. The van der Waals surface area contributed by atoms with Crippen LogP contribution in [0.2, 0.25) is 0 Å². The van der Waals surface area contributed by atoms with E-state index < -0.39 is 0 Å². The largest absolute Gasteiger partial charge is 0.507 e. The molecule has 0 amide bonds. The molecule has 21 heavy (non-hydrogen) atoms. The van der Waals surface area contributed by atoms with E-state index in [0.717, 1.165) is 34.5 Å². The third-order valence-corrected chi connectivity index (χ3v) is 3.79. The second-order valence-corrected chi connectivity index (χ2v) is 5.14. The Balaban J connectivity index is 1.94. The van der Waals surface area contributed by atoms with Crippen molar-refractivity contribution in [1.82, 2.24) is 4.57 Å². The topological polar surface area (TPSA) is 34.4 Å². The molecule has 1 aromatic heterocycles. The van der Waals surface area contributed by atoms with Gasteiger partial charge in [0.25, 0.3) is 0 Å². The SMILES string of the molecule is CCn1c(COc2ccccc2C)cc2c(O)cccc21. The van der Waals surface area contributed by atoms with Crippen LogP contribution in [0.5, 0.6) is 11.5 Å². The fourth-order valence-corrected chi connectivity index (χ4v) is 2.69. The van der Waals surface area contributed by atoms with Crippen molar-refractivity contribution in [3.8, 4) is 11.5 Å². The van der Waals surface area contributed by atoms with E-state index in [-0.39, 0.29) is 0 Å². The van der Waals surface area contributed by atoms with Crippen molar-refractivity contribution in [2.45, 2.75) is 27.0 Å². The molecule has 0 spiro atoms. The number of ether oxygens (including phenoxy) is 1. The van der Waals surface area contributed by atoms with E-state index in [0.29, 0.717) is 12.4 Å². The third-order valence-electron chi connectivity index (χ3n) is 3.79. The van der Waals surface area contributed by atoms with Crippen LogP contribution < -0.4 is 4.74 Å². The summed E-state index contributed by atoms with van der Waals surface area (Å²) in [6.45, 7) is 5.48. The van der Waals surface area contributed by atoms with Gasteiger partial charge in [-0.2, -0.15) is 0 Å². The van der Waals surface area contributed by atoms with Crippen molar-refractivity contribution in [2.24, 2.45) is 0 Å². The predicted molar refractivity (Wildman–Crippen MR) is 84.8 cm³/mol. The number of phenols is 1. The molecular formula is C18H19NO2. The van der Waals surface area contributed by atoms with Gasteiger partial charge in [-0.25, -0.2) is 0 Å². The van der Waals surface area contributed by atoms with Crippen LogP contribution in [0.25, 0.3) is 10.9 Å². The Morgan fingerprint density at radius 1 is 1.10 bits per heavy atom. The summed E-state index contributed by atoms with van der Waals surface area (Å²) in [4.78, 5) is 0. The Labute approximate surface area is 124 Å². The normalized spacial score (nSPS) is 11.0. The van der Waals surface area contributed by atoms with Crippen molar-refractivity contribution in [3.63, 3.8) is 0 Å². The number of fused-ring (bicyclic) bond motifs is 1. The van der Waals surface area contributed by atoms with Gasteiger partial charge in [0.15, 0.2) is 0 Å². The number of hydrogen-bond acceptors (Lipinski definition) is 2. The lowest BCUT2D eigenvalue weighted by molar-refractivity contribution is 0.294. The Bertz CT molecular complexity index is 774. The molecular weight excluding hydrogens is 262 g/mol. The molecule has 3 rings (SSSR count). The summed E-state index contributed by atoms with van der Waals surface area (Å²) < 4.78 is 8.11. The van der Waals surface area contributed by atoms with Gasteiger partial charge in [-0.05, 0) is 43.7 Å². The third kappa shape index (κ3) is 2.47. The van der Waals surface area contributed by atoms with E-state index in [2.05, 4.69) is 11.5 Å². The summed E-state index contributed by atoms with van der Waals surface area (Å²) in [6, 6.07) is 15.6. The number of para-hydroxylation sites is 1. The van der Waals surface area contributed by atoms with E-state index in [1.165, 1.54) is 0 Å². The quantitative estimate of drug-likeness (QED) is 0.775. The van der Waals surface area contributed by atoms with Gasteiger partial charge in [0.2, 0.25) is 0 Å². The van der Waals surface area contributed by atoms with E-state index in [1.54, 1.807) is 6.07 Å². The molecule has 3 heteroatoms. The van der Waals surface area contributed by atoms with Gasteiger partial charge >= 0.3 is 0 Å². The lowest BCUT2D eigenvalue weighted by atomic mass is 10.2. The Hall–Kier alpha value is -2.42. The van der Waals surface area contributed by atoms with Crippen LogP contribution in [0.4, 0.5) is 0 Å². The molecule has 0 radical (unpaired) electrons. The molecule has 0 fully saturated rings. The van der Waals surface area contributed by atoms with E-state index in [4.69, 9.17) is 4.74 Å².